The first-order valence-electron chi connectivity index (χ1n) is 5.82. The molecule has 6 nitrogen and oxygen atoms in total. The Morgan fingerprint density at radius 2 is 2.28 bits per heavy atom. The molecule has 0 bridgehead atoms. The van der Waals surface area contributed by atoms with Crippen LogP contribution in [0.5, 0.6) is 0 Å². The maximum atomic E-state index is 12.2. The number of nitrogens with two attached hydrogens (primary N) is 1. The largest absolute Gasteiger partial charge is 0.390 e. The minimum atomic E-state index is -0.205. The van der Waals surface area contributed by atoms with Crippen molar-refractivity contribution < 1.29 is 4.79 Å². The van der Waals surface area contributed by atoms with E-state index in [-0.39, 0.29) is 5.91 Å². The molecule has 0 radical (unpaired) electrons. The minimum absolute atomic E-state index is 0.205. The number of anilines is 2. The van der Waals surface area contributed by atoms with Crippen LogP contribution in [0.2, 0.25) is 0 Å². The summed E-state index contributed by atoms with van der Waals surface area (Å²) in [5.74, 6) is 0.138. The van der Waals surface area contributed by atoms with E-state index in [2.05, 4.69) is 20.5 Å². The van der Waals surface area contributed by atoms with E-state index in [1.54, 1.807) is 0 Å². The highest BCUT2D eigenvalue weighted by molar-refractivity contribution is 7.16. The van der Waals surface area contributed by atoms with Gasteiger partial charge in [-0.3, -0.25) is 10.1 Å². The van der Waals surface area contributed by atoms with Crippen molar-refractivity contribution in [2.24, 2.45) is 0 Å². The van der Waals surface area contributed by atoms with Crippen LogP contribution in [0.4, 0.5) is 10.9 Å². The van der Waals surface area contributed by atoms with Crippen molar-refractivity contribution in [2.75, 3.05) is 11.1 Å². The second kappa shape index (κ2) is 4.41. The van der Waals surface area contributed by atoms with E-state index < -0.39 is 0 Å². The summed E-state index contributed by atoms with van der Waals surface area (Å²) >= 11 is 1.53. The number of aromatic nitrogens is 3. The third kappa shape index (κ3) is 1.86. The number of aromatic amines is 1. The number of fused-ring (bicyclic) bond motifs is 1. The number of H-pyrrole nitrogens is 1. The second-order valence-electron chi connectivity index (χ2n) is 4.24. The number of rotatable bonds is 2. The molecule has 0 spiro atoms. The van der Waals surface area contributed by atoms with Crippen molar-refractivity contribution in [3.8, 4) is 0 Å². The molecular formula is C11H13N5OS. The lowest BCUT2D eigenvalue weighted by Crippen LogP contribution is -2.16. The summed E-state index contributed by atoms with van der Waals surface area (Å²) in [5.41, 5.74) is 7.69. The average Bonchev–Trinajstić information content (AvgIpc) is 2.94. The van der Waals surface area contributed by atoms with Gasteiger partial charge in [-0.15, -0.1) is 11.3 Å². The van der Waals surface area contributed by atoms with Crippen molar-refractivity contribution in [3.63, 3.8) is 0 Å². The number of carbonyl (C=O) groups is 1. The van der Waals surface area contributed by atoms with Crippen LogP contribution in [-0.4, -0.2) is 21.1 Å². The summed E-state index contributed by atoms with van der Waals surface area (Å²) in [7, 11) is 0. The molecule has 7 heteroatoms. The Balaban J connectivity index is 1.91. The molecule has 0 aliphatic heterocycles. The number of amides is 1. The zero-order valence-electron chi connectivity index (χ0n) is 9.69. The van der Waals surface area contributed by atoms with Gasteiger partial charge < -0.3 is 5.73 Å². The maximum absolute atomic E-state index is 12.2. The van der Waals surface area contributed by atoms with E-state index in [0.717, 1.165) is 24.8 Å². The Hall–Kier alpha value is -1.89. The van der Waals surface area contributed by atoms with E-state index >= 15 is 0 Å². The fourth-order valence-corrected chi connectivity index (χ4v) is 3.43. The van der Waals surface area contributed by atoms with Gasteiger partial charge in [0, 0.05) is 4.88 Å². The summed E-state index contributed by atoms with van der Waals surface area (Å²) in [6.45, 7) is 0. The van der Waals surface area contributed by atoms with Crippen LogP contribution in [0.3, 0.4) is 0 Å². The molecule has 0 aromatic carbocycles. The number of nitrogens with zero attached hydrogens (tertiary/aromatic N) is 2. The van der Waals surface area contributed by atoms with Crippen molar-refractivity contribution in [1.82, 2.24) is 15.2 Å². The summed E-state index contributed by atoms with van der Waals surface area (Å²) in [6, 6.07) is 0. The molecule has 2 aromatic rings. The molecule has 2 heterocycles. The van der Waals surface area contributed by atoms with Gasteiger partial charge in [0.25, 0.3) is 5.91 Å². The van der Waals surface area contributed by atoms with E-state index in [9.17, 15) is 4.79 Å². The second-order valence-corrected chi connectivity index (χ2v) is 5.38. The minimum Gasteiger partial charge on any atom is -0.390 e. The van der Waals surface area contributed by atoms with E-state index in [1.807, 2.05) is 0 Å². The van der Waals surface area contributed by atoms with Crippen molar-refractivity contribution in [2.45, 2.75) is 25.7 Å². The number of hydrogen-bond acceptors (Lipinski definition) is 5. The van der Waals surface area contributed by atoms with Gasteiger partial charge >= 0.3 is 0 Å². The smallest absolute Gasteiger partial charge is 0.261 e. The van der Waals surface area contributed by atoms with Crippen LogP contribution in [0.25, 0.3) is 0 Å². The van der Waals surface area contributed by atoms with Gasteiger partial charge in [-0.2, -0.15) is 10.1 Å². The SMILES string of the molecule is Nc1sc2c(c1C(=O)Nc1ncn[nH]1)CCCC2. The number of nitrogen functional groups attached to an aromatic ring is 1. The summed E-state index contributed by atoms with van der Waals surface area (Å²) in [6.07, 6.45) is 5.60. The average molecular weight is 263 g/mol. The van der Waals surface area contributed by atoms with Gasteiger partial charge in [0.2, 0.25) is 5.95 Å². The van der Waals surface area contributed by atoms with Gasteiger partial charge in [-0.25, -0.2) is 5.10 Å². The van der Waals surface area contributed by atoms with Crippen molar-refractivity contribution in [3.05, 3.63) is 22.3 Å². The molecule has 0 saturated carbocycles. The first kappa shape index (κ1) is 11.2. The Morgan fingerprint density at radius 3 is 3.06 bits per heavy atom. The van der Waals surface area contributed by atoms with Gasteiger partial charge in [0.15, 0.2) is 0 Å². The van der Waals surface area contributed by atoms with Gasteiger partial charge in [0.05, 0.1) is 10.6 Å². The molecule has 1 amide bonds. The van der Waals surface area contributed by atoms with Crippen LogP contribution in [0, 0.1) is 0 Å². The van der Waals surface area contributed by atoms with Gasteiger partial charge in [-0.05, 0) is 31.2 Å². The van der Waals surface area contributed by atoms with Crippen LogP contribution in [0.1, 0.15) is 33.6 Å². The van der Waals surface area contributed by atoms with Crippen LogP contribution in [0.15, 0.2) is 6.33 Å². The fraction of sp³-hybridized carbons (Fsp3) is 0.364. The lowest BCUT2D eigenvalue weighted by Gasteiger charge is -2.12. The lowest BCUT2D eigenvalue weighted by atomic mass is 9.95. The molecule has 0 saturated heterocycles. The molecular weight excluding hydrogens is 250 g/mol. The molecule has 3 rings (SSSR count). The Morgan fingerprint density at radius 1 is 1.44 bits per heavy atom. The quantitative estimate of drug-likeness (QED) is 0.766. The van der Waals surface area contributed by atoms with E-state index in [1.165, 1.54) is 29.0 Å². The monoisotopic (exact) mass is 263 g/mol. The topological polar surface area (TPSA) is 96.7 Å². The maximum Gasteiger partial charge on any atom is 0.261 e. The van der Waals surface area contributed by atoms with E-state index in [0.29, 0.717) is 16.5 Å². The normalized spacial score (nSPS) is 14.2. The fourth-order valence-electron chi connectivity index (χ4n) is 2.27. The third-order valence-corrected chi connectivity index (χ3v) is 4.19. The first-order valence-corrected chi connectivity index (χ1v) is 6.64. The molecule has 1 aliphatic carbocycles. The van der Waals surface area contributed by atoms with Gasteiger partial charge in [0.1, 0.15) is 6.33 Å². The number of thiophene rings is 1. The Labute approximate surface area is 108 Å². The molecule has 0 fully saturated rings. The molecule has 4 N–H and O–H groups in total. The highest BCUT2D eigenvalue weighted by Gasteiger charge is 2.24. The predicted molar refractivity (Wildman–Crippen MR) is 69.7 cm³/mol. The zero-order chi connectivity index (χ0) is 12.5. The molecule has 94 valence electrons. The van der Waals surface area contributed by atoms with Crippen molar-refractivity contribution >= 4 is 28.2 Å². The summed E-state index contributed by atoms with van der Waals surface area (Å²) in [4.78, 5) is 17.3. The Bertz CT molecular complexity index is 575. The molecule has 0 unspecified atom stereocenters. The van der Waals surface area contributed by atoms with Crippen LogP contribution in [-0.2, 0) is 12.8 Å². The predicted octanol–water partition coefficient (Wildman–Crippen LogP) is 1.58. The van der Waals surface area contributed by atoms with Gasteiger partial charge in [-0.1, -0.05) is 0 Å². The highest BCUT2D eigenvalue weighted by atomic mass is 32.1. The molecule has 1 aliphatic rings. The van der Waals surface area contributed by atoms with Crippen LogP contribution < -0.4 is 11.1 Å². The molecule has 18 heavy (non-hydrogen) atoms. The zero-order valence-corrected chi connectivity index (χ0v) is 10.5. The molecule has 0 atom stereocenters. The first-order chi connectivity index (χ1) is 8.75. The number of hydrogen-bond donors (Lipinski definition) is 3. The number of nitrogens with one attached hydrogen (secondary N) is 2. The summed E-state index contributed by atoms with van der Waals surface area (Å²) in [5, 5.41) is 9.56. The van der Waals surface area contributed by atoms with Crippen LogP contribution >= 0.6 is 11.3 Å². The standard InChI is InChI=1S/C11H13N5OS/c12-9-8(6-3-1-2-4-7(6)18-9)10(17)15-11-13-5-14-16-11/h5H,1-4,12H2,(H2,13,14,15,16,17). The highest BCUT2D eigenvalue weighted by Crippen LogP contribution is 2.36. The number of carbonyl (C=O) groups excluding carboxylic acids is 1. The third-order valence-electron chi connectivity index (χ3n) is 3.07. The Kier molecular flexibility index (Phi) is 2.75. The van der Waals surface area contributed by atoms with Crippen molar-refractivity contribution in [1.29, 1.82) is 0 Å². The van der Waals surface area contributed by atoms with E-state index in [4.69, 9.17) is 5.73 Å². The summed E-state index contributed by atoms with van der Waals surface area (Å²) < 4.78 is 0. The molecule has 2 aromatic heterocycles. The lowest BCUT2D eigenvalue weighted by molar-refractivity contribution is 0.102. The number of aryl methyl sites for hydroxylation is 1.